The van der Waals surface area contributed by atoms with E-state index in [2.05, 4.69) is 26.8 Å². The molecule has 1 saturated heterocycles. The molecule has 1 amide bonds. The molecule has 8 heteroatoms. The zero-order valence-corrected chi connectivity index (χ0v) is 16.4. The molecule has 1 aromatic carbocycles. The average Bonchev–Trinajstić information content (AvgIpc) is 3.40. The van der Waals surface area contributed by atoms with Crippen molar-refractivity contribution < 1.29 is 4.79 Å². The summed E-state index contributed by atoms with van der Waals surface area (Å²) < 4.78 is 3.93. The van der Waals surface area contributed by atoms with E-state index in [0.29, 0.717) is 18.3 Å². The Morgan fingerprint density at radius 1 is 1.21 bits per heavy atom. The molecular weight excluding hydrogens is 376 g/mol. The molecule has 1 aliphatic rings. The summed E-state index contributed by atoms with van der Waals surface area (Å²) in [5, 5.41) is 10.9. The molecule has 3 heterocycles. The fourth-order valence-electron chi connectivity index (χ4n) is 3.45. The molecule has 1 fully saturated rings. The maximum Gasteiger partial charge on any atom is 0.272 e. The number of carbonyl (C=O) groups excluding carboxylic acids is 1. The van der Waals surface area contributed by atoms with Gasteiger partial charge in [-0.25, -0.2) is 4.98 Å². The van der Waals surface area contributed by atoms with Gasteiger partial charge >= 0.3 is 0 Å². The lowest BCUT2D eigenvalue weighted by atomic mass is 10.1. The van der Waals surface area contributed by atoms with Crippen LogP contribution in [0, 0.1) is 0 Å². The quantitative estimate of drug-likeness (QED) is 0.666. The van der Waals surface area contributed by atoms with Crippen LogP contribution >= 0.6 is 12.4 Å². The number of amides is 1. The van der Waals surface area contributed by atoms with Gasteiger partial charge in [0.15, 0.2) is 0 Å². The van der Waals surface area contributed by atoms with Crippen molar-refractivity contribution in [2.24, 2.45) is 0 Å². The number of rotatable bonds is 6. The number of piperidine rings is 1. The van der Waals surface area contributed by atoms with Gasteiger partial charge in [-0.1, -0.05) is 24.3 Å². The highest BCUT2D eigenvalue weighted by atomic mass is 35.5. The lowest BCUT2D eigenvalue weighted by molar-refractivity contribution is 0.0944. The molecule has 3 aromatic rings. The van der Waals surface area contributed by atoms with Gasteiger partial charge in [-0.05, 0) is 36.6 Å². The molecule has 148 valence electrons. The minimum Gasteiger partial charge on any atom is -0.347 e. The van der Waals surface area contributed by atoms with E-state index in [-0.39, 0.29) is 18.3 Å². The van der Waals surface area contributed by atoms with Crippen molar-refractivity contribution in [3.05, 3.63) is 72.1 Å². The number of nitrogens with zero attached hydrogens (tertiary/aromatic N) is 4. The number of hydrogen-bond acceptors (Lipinski definition) is 4. The van der Waals surface area contributed by atoms with Crippen LogP contribution in [0.15, 0.2) is 55.2 Å². The molecule has 0 spiro atoms. The van der Waals surface area contributed by atoms with E-state index in [1.165, 1.54) is 0 Å². The van der Waals surface area contributed by atoms with Crippen LogP contribution in [0.5, 0.6) is 0 Å². The smallest absolute Gasteiger partial charge is 0.272 e. The molecular formula is C20H25ClN6O. The number of hydrogen-bond donors (Lipinski definition) is 2. The third kappa shape index (κ3) is 4.79. The number of carbonyl (C=O) groups is 1. The van der Waals surface area contributed by atoms with Crippen molar-refractivity contribution >= 4 is 18.3 Å². The third-order valence-electron chi connectivity index (χ3n) is 4.96. The Morgan fingerprint density at radius 2 is 2.07 bits per heavy atom. The van der Waals surface area contributed by atoms with Gasteiger partial charge in [0.2, 0.25) is 0 Å². The average molecular weight is 401 g/mol. The van der Waals surface area contributed by atoms with E-state index in [1.807, 2.05) is 39.8 Å². The van der Waals surface area contributed by atoms with E-state index in [4.69, 9.17) is 0 Å². The maximum absolute atomic E-state index is 12.5. The first-order chi connectivity index (χ1) is 13.3. The lowest BCUT2D eigenvalue weighted by Crippen LogP contribution is -2.32. The highest BCUT2D eigenvalue weighted by molar-refractivity contribution is 5.92. The summed E-state index contributed by atoms with van der Waals surface area (Å²) in [6.45, 7) is 3.17. The van der Waals surface area contributed by atoms with Crippen molar-refractivity contribution in [1.29, 1.82) is 0 Å². The van der Waals surface area contributed by atoms with Crippen molar-refractivity contribution in [1.82, 2.24) is 30.0 Å². The number of halogens is 1. The monoisotopic (exact) mass is 400 g/mol. The lowest BCUT2D eigenvalue weighted by Gasteiger charge is -2.22. The Labute approximate surface area is 170 Å². The number of imidazole rings is 1. The van der Waals surface area contributed by atoms with Gasteiger partial charge in [-0.15, -0.1) is 12.4 Å². The van der Waals surface area contributed by atoms with Crippen LogP contribution in [0.3, 0.4) is 0 Å². The molecule has 0 bridgehead atoms. The third-order valence-corrected chi connectivity index (χ3v) is 4.96. The predicted molar refractivity (Wildman–Crippen MR) is 110 cm³/mol. The SMILES string of the molecule is Cl.O=C(NCc1ccccc1Cn1ccnc1)c1ccn(C2CCCNC2)n1. The van der Waals surface area contributed by atoms with Crippen LogP contribution < -0.4 is 10.6 Å². The summed E-state index contributed by atoms with van der Waals surface area (Å²) in [5.74, 6) is -0.144. The molecule has 1 atom stereocenters. The highest BCUT2D eigenvalue weighted by Crippen LogP contribution is 2.16. The first-order valence-electron chi connectivity index (χ1n) is 9.36. The fourth-order valence-corrected chi connectivity index (χ4v) is 3.45. The Morgan fingerprint density at radius 3 is 2.82 bits per heavy atom. The van der Waals surface area contributed by atoms with E-state index >= 15 is 0 Å². The Hall–Kier alpha value is -2.64. The number of nitrogens with one attached hydrogen (secondary N) is 2. The maximum atomic E-state index is 12.5. The van der Waals surface area contributed by atoms with Crippen LogP contribution in [0.1, 0.15) is 40.5 Å². The Balaban J connectivity index is 0.00000225. The van der Waals surface area contributed by atoms with Gasteiger partial charge in [0, 0.05) is 38.2 Å². The number of aromatic nitrogens is 4. The van der Waals surface area contributed by atoms with Crippen LogP contribution in [0.25, 0.3) is 0 Å². The molecule has 2 N–H and O–H groups in total. The van der Waals surface area contributed by atoms with Crippen molar-refractivity contribution in [3.8, 4) is 0 Å². The second-order valence-corrected chi connectivity index (χ2v) is 6.87. The minimum atomic E-state index is -0.144. The molecule has 1 aliphatic heterocycles. The van der Waals surface area contributed by atoms with Gasteiger partial charge in [0.25, 0.3) is 5.91 Å². The van der Waals surface area contributed by atoms with Crippen LogP contribution in [0.2, 0.25) is 0 Å². The van der Waals surface area contributed by atoms with E-state index < -0.39 is 0 Å². The van der Waals surface area contributed by atoms with Gasteiger partial charge in [-0.3, -0.25) is 9.48 Å². The standard InChI is InChI=1S/C20H24N6O.ClH/c27-20(19-7-10-26(24-19)18-6-3-8-21-13-18)23-12-16-4-1-2-5-17(16)14-25-11-9-22-15-25;/h1-2,4-5,7,9-11,15,18,21H,3,6,8,12-14H2,(H,23,27);1H. The molecule has 28 heavy (non-hydrogen) atoms. The van der Waals surface area contributed by atoms with Crippen LogP contribution in [0.4, 0.5) is 0 Å². The molecule has 7 nitrogen and oxygen atoms in total. The first-order valence-corrected chi connectivity index (χ1v) is 9.36. The summed E-state index contributed by atoms with van der Waals surface area (Å²) in [6, 6.07) is 10.2. The molecule has 2 aromatic heterocycles. The molecule has 0 aliphatic carbocycles. The Kier molecular flexibility index (Phi) is 6.84. The summed E-state index contributed by atoms with van der Waals surface area (Å²) in [6.07, 6.45) is 9.63. The largest absolute Gasteiger partial charge is 0.347 e. The van der Waals surface area contributed by atoms with Crippen LogP contribution in [-0.4, -0.2) is 38.3 Å². The summed E-state index contributed by atoms with van der Waals surface area (Å²) in [7, 11) is 0. The van der Waals surface area contributed by atoms with Gasteiger partial charge in [0.05, 0.1) is 12.4 Å². The van der Waals surface area contributed by atoms with E-state index in [9.17, 15) is 4.79 Å². The molecule has 1 unspecified atom stereocenters. The molecule has 0 saturated carbocycles. The summed E-state index contributed by atoms with van der Waals surface area (Å²) in [5.41, 5.74) is 2.72. The fraction of sp³-hybridized carbons (Fsp3) is 0.350. The van der Waals surface area contributed by atoms with Gasteiger partial charge < -0.3 is 15.2 Å². The van der Waals surface area contributed by atoms with Crippen molar-refractivity contribution in [2.75, 3.05) is 13.1 Å². The zero-order chi connectivity index (χ0) is 18.5. The predicted octanol–water partition coefficient (Wildman–Crippen LogP) is 2.40. The topological polar surface area (TPSA) is 76.8 Å². The number of benzene rings is 1. The molecule has 0 radical (unpaired) electrons. The summed E-state index contributed by atoms with van der Waals surface area (Å²) >= 11 is 0. The van der Waals surface area contributed by atoms with Gasteiger partial charge in [0.1, 0.15) is 5.69 Å². The van der Waals surface area contributed by atoms with E-state index in [1.54, 1.807) is 18.6 Å². The van der Waals surface area contributed by atoms with E-state index in [0.717, 1.165) is 43.6 Å². The first kappa shape index (κ1) is 20.1. The summed E-state index contributed by atoms with van der Waals surface area (Å²) in [4.78, 5) is 16.6. The normalized spacial score (nSPS) is 16.4. The highest BCUT2D eigenvalue weighted by Gasteiger charge is 2.17. The molecule has 4 rings (SSSR count). The van der Waals surface area contributed by atoms with Crippen molar-refractivity contribution in [2.45, 2.75) is 32.0 Å². The minimum absolute atomic E-state index is 0. The second-order valence-electron chi connectivity index (χ2n) is 6.87. The van der Waals surface area contributed by atoms with Gasteiger partial charge in [-0.2, -0.15) is 5.10 Å². The second kappa shape index (κ2) is 9.52. The zero-order valence-electron chi connectivity index (χ0n) is 15.6. The van der Waals surface area contributed by atoms with Crippen LogP contribution in [-0.2, 0) is 13.1 Å². The van der Waals surface area contributed by atoms with Crippen molar-refractivity contribution in [3.63, 3.8) is 0 Å². The Bertz CT molecular complexity index is 886.